The van der Waals surface area contributed by atoms with Crippen LogP contribution in [0.2, 0.25) is 0 Å². The maximum atomic E-state index is 5.76. The van der Waals surface area contributed by atoms with Gasteiger partial charge in [-0.2, -0.15) is 0 Å². The minimum Gasteiger partial charge on any atom is -0.399 e. The SMILES string of the molecule is CON=c1c2ccccc2n(CCCN)c2c(C)c(C)ccc12. The smallest absolute Gasteiger partial charge is 0.121 e. The first-order valence-electron chi connectivity index (χ1n) is 7.97. The monoisotopic (exact) mass is 309 g/mol. The zero-order valence-electron chi connectivity index (χ0n) is 14.0. The van der Waals surface area contributed by atoms with E-state index in [1.807, 2.05) is 6.07 Å². The molecule has 0 aliphatic rings. The summed E-state index contributed by atoms with van der Waals surface area (Å²) in [4.78, 5) is 5.13. The third kappa shape index (κ3) is 2.59. The van der Waals surface area contributed by atoms with Crippen LogP contribution in [0, 0.1) is 13.8 Å². The van der Waals surface area contributed by atoms with Gasteiger partial charge in [0, 0.05) is 17.3 Å². The number of fused-ring (bicyclic) bond motifs is 2. The van der Waals surface area contributed by atoms with Gasteiger partial charge in [0.05, 0.1) is 11.0 Å². The maximum absolute atomic E-state index is 5.76. The molecule has 4 nitrogen and oxygen atoms in total. The zero-order chi connectivity index (χ0) is 16.4. The molecule has 0 fully saturated rings. The summed E-state index contributed by atoms with van der Waals surface area (Å²) in [6.45, 7) is 5.88. The fraction of sp³-hybridized carbons (Fsp3) is 0.316. The summed E-state index contributed by atoms with van der Waals surface area (Å²) < 4.78 is 2.37. The first-order chi connectivity index (χ1) is 11.2. The Balaban J connectivity index is 2.57. The van der Waals surface area contributed by atoms with E-state index in [1.54, 1.807) is 7.11 Å². The van der Waals surface area contributed by atoms with Crippen molar-refractivity contribution in [2.75, 3.05) is 13.7 Å². The molecular weight excluding hydrogens is 286 g/mol. The summed E-state index contributed by atoms with van der Waals surface area (Å²) >= 11 is 0. The molecule has 0 amide bonds. The van der Waals surface area contributed by atoms with Crippen molar-refractivity contribution in [3.63, 3.8) is 0 Å². The lowest BCUT2D eigenvalue weighted by Crippen LogP contribution is -2.16. The lowest BCUT2D eigenvalue weighted by Gasteiger charge is -2.18. The Bertz CT molecular complexity index is 925. The lowest BCUT2D eigenvalue weighted by atomic mass is 10.0. The van der Waals surface area contributed by atoms with Crippen LogP contribution in [0.5, 0.6) is 0 Å². The van der Waals surface area contributed by atoms with Gasteiger partial charge < -0.3 is 15.1 Å². The molecular formula is C19H23N3O. The molecule has 0 atom stereocenters. The molecule has 0 aliphatic carbocycles. The van der Waals surface area contributed by atoms with Crippen molar-refractivity contribution in [2.45, 2.75) is 26.8 Å². The molecule has 4 heteroatoms. The molecule has 0 spiro atoms. The minimum absolute atomic E-state index is 0.678. The van der Waals surface area contributed by atoms with Gasteiger partial charge in [0.15, 0.2) is 0 Å². The highest BCUT2D eigenvalue weighted by atomic mass is 16.6. The normalized spacial score (nSPS) is 12.3. The molecule has 3 rings (SSSR count). The Morgan fingerprint density at radius 3 is 2.61 bits per heavy atom. The van der Waals surface area contributed by atoms with Crippen LogP contribution in [-0.4, -0.2) is 18.2 Å². The summed E-state index contributed by atoms with van der Waals surface area (Å²) in [6, 6.07) is 12.6. The van der Waals surface area contributed by atoms with Crippen LogP contribution in [0.25, 0.3) is 21.8 Å². The molecule has 2 aromatic carbocycles. The second kappa shape index (κ2) is 6.42. The fourth-order valence-corrected chi connectivity index (χ4v) is 3.19. The van der Waals surface area contributed by atoms with Gasteiger partial charge in [-0.3, -0.25) is 0 Å². The van der Waals surface area contributed by atoms with Crippen molar-refractivity contribution in [2.24, 2.45) is 10.9 Å². The van der Waals surface area contributed by atoms with Crippen molar-refractivity contribution in [1.82, 2.24) is 4.57 Å². The number of para-hydroxylation sites is 1. The number of nitrogens with two attached hydrogens (primary N) is 1. The highest BCUT2D eigenvalue weighted by Gasteiger charge is 2.12. The number of benzene rings is 2. The van der Waals surface area contributed by atoms with Crippen LogP contribution in [0.1, 0.15) is 17.5 Å². The first kappa shape index (κ1) is 15.6. The Morgan fingerprint density at radius 1 is 1.09 bits per heavy atom. The Labute approximate surface area is 136 Å². The molecule has 23 heavy (non-hydrogen) atoms. The average molecular weight is 309 g/mol. The number of hydrogen-bond acceptors (Lipinski definition) is 3. The zero-order valence-corrected chi connectivity index (χ0v) is 14.0. The predicted molar refractivity (Wildman–Crippen MR) is 95.2 cm³/mol. The third-order valence-electron chi connectivity index (χ3n) is 4.45. The number of rotatable bonds is 4. The van der Waals surface area contributed by atoms with E-state index in [2.05, 4.69) is 53.9 Å². The van der Waals surface area contributed by atoms with Crippen molar-refractivity contribution in [3.8, 4) is 0 Å². The Morgan fingerprint density at radius 2 is 1.87 bits per heavy atom. The molecule has 0 saturated heterocycles. The van der Waals surface area contributed by atoms with E-state index < -0.39 is 0 Å². The van der Waals surface area contributed by atoms with Gasteiger partial charge in [-0.25, -0.2) is 0 Å². The largest absolute Gasteiger partial charge is 0.399 e. The Hall–Kier alpha value is -2.33. The molecule has 0 bridgehead atoms. The number of pyridine rings is 1. The molecule has 2 N–H and O–H groups in total. The van der Waals surface area contributed by atoms with Gasteiger partial charge in [0.2, 0.25) is 0 Å². The lowest BCUT2D eigenvalue weighted by molar-refractivity contribution is 0.202. The van der Waals surface area contributed by atoms with Crippen LogP contribution in [0.3, 0.4) is 0 Å². The average Bonchev–Trinajstić information content (AvgIpc) is 2.57. The van der Waals surface area contributed by atoms with E-state index in [4.69, 9.17) is 10.6 Å². The Kier molecular flexibility index (Phi) is 4.35. The minimum atomic E-state index is 0.678. The number of hydrogen-bond donors (Lipinski definition) is 1. The summed E-state index contributed by atoms with van der Waals surface area (Å²) in [5.74, 6) is 0. The molecule has 0 unspecified atom stereocenters. The third-order valence-corrected chi connectivity index (χ3v) is 4.45. The van der Waals surface area contributed by atoms with Crippen molar-refractivity contribution in [1.29, 1.82) is 0 Å². The van der Waals surface area contributed by atoms with Gasteiger partial charge in [-0.05, 0) is 44.0 Å². The molecule has 1 aromatic heterocycles. The number of nitrogens with zero attached hydrogens (tertiary/aromatic N) is 2. The van der Waals surface area contributed by atoms with E-state index in [1.165, 1.54) is 16.6 Å². The van der Waals surface area contributed by atoms with E-state index in [-0.39, 0.29) is 0 Å². The summed E-state index contributed by atoms with van der Waals surface area (Å²) in [7, 11) is 1.59. The topological polar surface area (TPSA) is 52.5 Å². The van der Waals surface area contributed by atoms with Crippen molar-refractivity contribution >= 4 is 21.8 Å². The maximum Gasteiger partial charge on any atom is 0.121 e. The van der Waals surface area contributed by atoms with E-state index in [0.29, 0.717) is 6.54 Å². The standard InChI is InChI=1S/C19H23N3O/c1-13-9-10-16-18(21-23-3)15-7-4-5-8-17(15)22(12-6-11-20)19(16)14(13)2/h4-5,7-10H,6,11-12,20H2,1-3H3. The van der Waals surface area contributed by atoms with Crippen LogP contribution < -0.4 is 11.1 Å². The summed E-state index contributed by atoms with van der Waals surface area (Å²) in [5, 5.41) is 7.43. The molecule has 0 radical (unpaired) electrons. The van der Waals surface area contributed by atoms with Crippen molar-refractivity contribution < 1.29 is 4.84 Å². The molecule has 120 valence electrons. The van der Waals surface area contributed by atoms with Gasteiger partial charge >= 0.3 is 0 Å². The second-order valence-corrected chi connectivity index (χ2v) is 5.84. The van der Waals surface area contributed by atoms with Gasteiger partial charge in [0.25, 0.3) is 0 Å². The van der Waals surface area contributed by atoms with E-state index in [0.717, 1.165) is 34.6 Å². The van der Waals surface area contributed by atoms with Gasteiger partial charge in [-0.1, -0.05) is 35.5 Å². The molecule has 0 aliphatic heterocycles. The van der Waals surface area contributed by atoms with Crippen LogP contribution in [-0.2, 0) is 11.4 Å². The van der Waals surface area contributed by atoms with E-state index >= 15 is 0 Å². The first-order valence-corrected chi connectivity index (χ1v) is 7.97. The van der Waals surface area contributed by atoms with Gasteiger partial charge in [0.1, 0.15) is 12.5 Å². The molecule has 3 aromatic rings. The quantitative estimate of drug-likeness (QED) is 0.594. The van der Waals surface area contributed by atoms with Crippen molar-refractivity contribution in [3.05, 3.63) is 52.9 Å². The van der Waals surface area contributed by atoms with Crippen LogP contribution in [0.4, 0.5) is 0 Å². The second-order valence-electron chi connectivity index (χ2n) is 5.84. The summed E-state index contributed by atoms with van der Waals surface area (Å²) in [5.41, 5.74) is 10.7. The number of aromatic nitrogens is 1. The van der Waals surface area contributed by atoms with Gasteiger partial charge in [-0.15, -0.1) is 0 Å². The van der Waals surface area contributed by atoms with E-state index in [9.17, 15) is 0 Å². The van der Waals surface area contributed by atoms with Crippen LogP contribution >= 0.6 is 0 Å². The molecule has 0 saturated carbocycles. The van der Waals surface area contributed by atoms with Crippen LogP contribution in [0.15, 0.2) is 41.6 Å². The predicted octanol–water partition coefficient (Wildman–Crippen LogP) is 3.22. The molecule has 1 heterocycles. The highest BCUT2D eigenvalue weighted by Crippen LogP contribution is 2.24. The highest BCUT2D eigenvalue weighted by molar-refractivity contribution is 5.95. The fourth-order valence-electron chi connectivity index (χ4n) is 3.19. The summed E-state index contributed by atoms with van der Waals surface area (Å²) in [6.07, 6.45) is 0.942. The number of aryl methyl sites for hydroxylation is 3.